The first-order valence-corrected chi connectivity index (χ1v) is 9.87. The van der Waals surface area contributed by atoms with E-state index in [0.29, 0.717) is 11.3 Å². The molecule has 2 fully saturated rings. The van der Waals surface area contributed by atoms with Crippen LogP contribution in [0.25, 0.3) is 0 Å². The summed E-state index contributed by atoms with van der Waals surface area (Å²) in [7, 11) is 1.27. The van der Waals surface area contributed by atoms with E-state index < -0.39 is 29.7 Å². The standard InChI is InChI=1S/C20H24F3N3O4/c1-30-15-10-6-5-9-14(15)26-17(28)19(20(21,22)23,25-18(26)29)24-16(27)12-11-13-7-3-2-4-8-13/h5-6,9-10,13H,2-4,7-8,11-12H2,1H3,(H,24,27)(H,25,29)/t19-/m1/s1. The monoisotopic (exact) mass is 427 g/mol. The van der Waals surface area contributed by atoms with Crippen molar-refractivity contribution in [1.82, 2.24) is 10.6 Å². The fourth-order valence-electron chi connectivity index (χ4n) is 3.99. The number of para-hydroxylation sites is 2. The lowest BCUT2D eigenvalue weighted by molar-refractivity contribution is -0.201. The number of benzene rings is 1. The number of halogens is 3. The Morgan fingerprint density at radius 3 is 2.53 bits per heavy atom. The molecule has 0 aromatic heterocycles. The molecule has 10 heteroatoms. The van der Waals surface area contributed by atoms with Gasteiger partial charge in [-0.3, -0.25) is 14.9 Å². The van der Waals surface area contributed by atoms with E-state index in [1.54, 1.807) is 16.7 Å². The molecule has 1 aliphatic heterocycles. The Bertz CT molecular complexity index is 824. The summed E-state index contributed by atoms with van der Waals surface area (Å²) < 4.78 is 46.9. The quantitative estimate of drug-likeness (QED) is 0.681. The number of alkyl halides is 3. The minimum absolute atomic E-state index is 0.0441. The van der Waals surface area contributed by atoms with Gasteiger partial charge in [0.05, 0.1) is 12.8 Å². The highest BCUT2D eigenvalue weighted by Crippen LogP contribution is 2.38. The van der Waals surface area contributed by atoms with Crippen molar-refractivity contribution < 1.29 is 32.3 Å². The van der Waals surface area contributed by atoms with Gasteiger partial charge in [0.1, 0.15) is 5.75 Å². The van der Waals surface area contributed by atoms with Crippen molar-refractivity contribution in [2.24, 2.45) is 5.92 Å². The number of nitrogens with one attached hydrogen (secondary N) is 2. The zero-order valence-electron chi connectivity index (χ0n) is 16.6. The Balaban J connectivity index is 1.82. The molecule has 1 aromatic carbocycles. The molecule has 0 radical (unpaired) electrons. The highest BCUT2D eigenvalue weighted by molar-refractivity contribution is 6.24. The molecule has 1 aliphatic carbocycles. The van der Waals surface area contributed by atoms with Crippen LogP contribution in [0, 0.1) is 5.92 Å². The van der Waals surface area contributed by atoms with E-state index in [1.807, 2.05) is 0 Å². The van der Waals surface area contributed by atoms with Crippen LogP contribution in [0.5, 0.6) is 5.75 Å². The molecular weight excluding hydrogens is 403 g/mol. The first kappa shape index (κ1) is 21.9. The van der Waals surface area contributed by atoms with Crippen LogP contribution in [0.4, 0.5) is 23.7 Å². The van der Waals surface area contributed by atoms with Gasteiger partial charge in [0.25, 0.3) is 11.6 Å². The lowest BCUT2D eigenvalue weighted by Crippen LogP contribution is -2.69. The predicted octanol–water partition coefficient (Wildman–Crippen LogP) is 3.49. The maximum absolute atomic E-state index is 14.0. The van der Waals surface area contributed by atoms with Crippen LogP contribution < -0.4 is 20.3 Å². The van der Waals surface area contributed by atoms with Gasteiger partial charge in [-0.2, -0.15) is 13.2 Å². The van der Waals surface area contributed by atoms with Crippen molar-refractivity contribution in [3.8, 4) is 5.75 Å². The summed E-state index contributed by atoms with van der Waals surface area (Å²) in [5.74, 6) is -2.24. The molecule has 1 aromatic rings. The van der Waals surface area contributed by atoms with Crippen molar-refractivity contribution in [1.29, 1.82) is 0 Å². The summed E-state index contributed by atoms with van der Waals surface area (Å²) in [4.78, 5) is 37.9. The maximum Gasteiger partial charge on any atom is 0.440 e. The second-order valence-electron chi connectivity index (χ2n) is 7.58. The van der Waals surface area contributed by atoms with E-state index in [0.717, 1.165) is 32.1 Å². The number of imide groups is 1. The molecule has 2 N–H and O–H groups in total. The number of carbonyl (C=O) groups excluding carboxylic acids is 3. The third kappa shape index (κ3) is 4.08. The first-order valence-electron chi connectivity index (χ1n) is 9.87. The van der Waals surface area contributed by atoms with Gasteiger partial charge in [-0.1, -0.05) is 44.2 Å². The SMILES string of the molecule is COc1ccccc1N1C(=O)N[C@@](NC(=O)CCC2CCCCC2)(C(F)(F)F)C1=O. The molecule has 1 saturated heterocycles. The number of hydrogen-bond acceptors (Lipinski definition) is 4. The molecule has 7 nitrogen and oxygen atoms in total. The summed E-state index contributed by atoms with van der Waals surface area (Å²) in [5.41, 5.74) is -3.67. The van der Waals surface area contributed by atoms with E-state index in [2.05, 4.69) is 0 Å². The van der Waals surface area contributed by atoms with Gasteiger partial charge in [0.15, 0.2) is 0 Å². The van der Waals surface area contributed by atoms with Crippen LogP contribution in [-0.4, -0.2) is 36.8 Å². The lowest BCUT2D eigenvalue weighted by atomic mass is 9.86. The van der Waals surface area contributed by atoms with Crippen molar-refractivity contribution >= 4 is 23.5 Å². The topological polar surface area (TPSA) is 87.7 Å². The second-order valence-corrected chi connectivity index (χ2v) is 7.58. The minimum Gasteiger partial charge on any atom is -0.495 e. The highest BCUT2D eigenvalue weighted by atomic mass is 19.4. The smallest absolute Gasteiger partial charge is 0.440 e. The second kappa shape index (κ2) is 8.53. The molecule has 0 unspecified atom stereocenters. The normalized spacial score (nSPS) is 22.7. The molecule has 30 heavy (non-hydrogen) atoms. The summed E-state index contributed by atoms with van der Waals surface area (Å²) in [6, 6.07) is 4.40. The number of anilines is 1. The van der Waals surface area contributed by atoms with Crippen LogP contribution >= 0.6 is 0 Å². The van der Waals surface area contributed by atoms with Crippen LogP contribution in [0.2, 0.25) is 0 Å². The van der Waals surface area contributed by atoms with E-state index in [9.17, 15) is 27.6 Å². The summed E-state index contributed by atoms with van der Waals surface area (Å²) >= 11 is 0. The van der Waals surface area contributed by atoms with E-state index in [-0.39, 0.29) is 23.8 Å². The summed E-state index contributed by atoms with van der Waals surface area (Å²) in [6.45, 7) is 0. The van der Waals surface area contributed by atoms with Crippen LogP contribution in [-0.2, 0) is 9.59 Å². The number of ether oxygens (including phenoxy) is 1. The molecule has 2 aliphatic rings. The van der Waals surface area contributed by atoms with Crippen LogP contribution in [0.15, 0.2) is 24.3 Å². The molecule has 3 rings (SSSR count). The number of carbonyl (C=O) groups is 3. The Morgan fingerprint density at radius 2 is 1.90 bits per heavy atom. The number of methoxy groups -OCH3 is 1. The van der Waals surface area contributed by atoms with Crippen molar-refractivity contribution in [2.75, 3.05) is 12.0 Å². The third-order valence-electron chi connectivity index (χ3n) is 5.60. The summed E-state index contributed by atoms with van der Waals surface area (Å²) in [5, 5.41) is 3.41. The Labute approximate surface area is 171 Å². The average molecular weight is 427 g/mol. The van der Waals surface area contributed by atoms with Gasteiger partial charge in [-0.15, -0.1) is 0 Å². The zero-order valence-corrected chi connectivity index (χ0v) is 16.6. The van der Waals surface area contributed by atoms with Gasteiger partial charge < -0.3 is 10.1 Å². The molecular formula is C20H24F3N3O4. The van der Waals surface area contributed by atoms with Gasteiger partial charge in [-0.25, -0.2) is 9.69 Å². The molecule has 0 spiro atoms. The first-order chi connectivity index (χ1) is 14.2. The third-order valence-corrected chi connectivity index (χ3v) is 5.60. The fourth-order valence-corrected chi connectivity index (χ4v) is 3.99. The largest absolute Gasteiger partial charge is 0.495 e. The van der Waals surface area contributed by atoms with Crippen LogP contribution in [0.3, 0.4) is 0 Å². The molecule has 164 valence electrons. The maximum atomic E-state index is 14.0. The van der Waals surface area contributed by atoms with Gasteiger partial charge in [0.2, 0.25) is 5.91 Å². The van der Waals surface area contributed by atoms with Gasteiger partial charge >= 0.3 is 12.2 Å². The number of nitrogens with zero attached hydrogens (tertiary/aromatic N) is 1. The van der Waals surface area contributed by atoms with E-state index in [4.69, 9.17) is 4.74 Å². The molecule has 4 amide bonds. The van der Waals surface area contributed by atoms with Gasteiger partial charge in [0, 0.05) is 6.42 Å². The van der Waals surface area contributed by atoms with Crippen molar-refractivity contribution in [3.05, 3.63) is 24.3 Å². The average Bonchev–Trinajstić information content (AvgIpc) is 2.97. The highest BCUT2D eigenvalue weighted by Gasteiger charge is 2.69. The lowest BCUT2D eigenvalue weighted by Gasteiger charge is -2.30. The van der Waals surface area contributed by atoms with E-state index >= 15 is 0 Å². The predicted molar refractivity (Wildman–Crippen MR) is 102 cm³/mol. The fraction of sp³-hybridized carbons (Fsp3) is 0.550. The number of amides is 4. The zero-order chi connectivity index (χ0) is 21.9. The Kier molecular flexibility index (Phi) is 6.23. The van der Waals surface area contributed by atoms with E-state index in [1.165, 1.54) is 25.3 Å². The minimum atomic E-state index is -5.24. The number of urea groups is 1. The molecule has 0 bridgehead atoms. The van der Waals surface area contributed by atoms with Crippen molar-refractivity contribution in [2.45, 2.75) is 56.8 Å². The van der Waals surface area contributed by atoms with Crippen LogP contribution in [0.1, 0.15) is 44.9 Å². The molecule has 1 saturated carbocycles. The molecule has 1 atom stereocenters. The number of rotatable bonds is 6. The van der Waals surface area contributed by atoms with Gasteiger partial charge in [-0.05, 0) is 24.5 Å². The Hall–Kier alpha value is -2.78. The van der Waals surface area contributed by atoms with Crippen molar-refractivity contribution in [3.63, 3.8) is 0 Å². The number of hydrogen-bond donors (Lipinski definition) is 2. The molecule has 1 heterocycles. The Morgan fingerprint density at radius 1 is 1.23 bits per heavy atom. The summed E-state index contributed by atoms with van der Waals surface area (Å²) in [6.07, 6.45) is 0.140.